The molecule has 0 aromatic heterocycles. The van der Waals surface area contributed by atoms with Gasteiger partial charge in [-0.25, -0.2) is 4.99 Å². The highest BCUT2D eigenvalue weighted by molar-refractivity contribution is 6.44. The molecule has 1 N–H and O–H groups in total. The molecule has 0 spiro atoms. The molecule has 0 saturated carbocycles. The smallest absolute Gasteiger partial charge is 0.255 e. The number of nitrogens with one attached hydrogen (secondary N) is 1. The summed E-state index contributed by atoms with van der Waals surface area (Å²) >= 11 is 0. The van der Waals surface area contributed by atoms with Crippen molar-refractivity contribution >= 4 is 11.5 Å². The molecule has 0 amide bonds. The first kappa shape index (κ1) is 6.34. The zero-order valence-corrected chi connectivity index (χ0v) is 6.18. The van der Waals surface area contributed by atoms with Crippen molar-refractivity contribution in [2.24, 2.45) is 0 Å². The number of ketones is 1. The standard InChI is InChI=1S/C8H7NO2/c1-5-8(10)7-4-11-3-6(7)2-9-5/h2,4H,3H2,1H3/p+1. The number of carbonyl (C=O) groups excluding carboxylic acids is 1. The first-order chi connectivity index (χ1) is 5.29. The second-order valence-electron chi connectivity index (χ2n) is 2.61. The molecule has 2 aliphatic heterocycles. The van der Waals surface area contributed by atoms with Crippen LogP contribution in [-0.2, 0) is 9.53 Å². The minimum Gasteiger partial charge on any atom is -0.495 e. The first-order valence-electron chi connectivity index (χ1n) is 3.45. The summed E-state index contributed by atoms with van der Waals surface area (Å²) in [6.45, 7) is 2.27. The third kappa shape index (κ3) is 0.808. The van der Waals surface area contributed by atoms with Gasteiger partial charge in [0.25, 0.3) is 5.78 Å². The van der Waals surface area contributed by atoms with Crippen LogP contribution in [0.25, 0.3) is 0 Å². The average Bonchev–Trinajstić information content (AvgIpc) is 2.45. The lowest BCUT2D eigenvalue weighted by atomic mass is 10.0. The Bertz CT molecular complexity index is 310. The lowest BCUT2D eigenvalue weighted by Gasteiger charge is -1.99. The fourth-order valence-corrected chi connectivity index (χ4v) is 1.15. The Balaban J connectivity index is 2.49. The second kappa shape index (κ2) is 2.05. The third-order valence-electron chi connectivity index (χ3n) is 1.83. The lowest BCUT2D eigenvalue weighted by molar-refractivity contribution is -0.374. The molecular weight excluding hydrogens is 142 g/mol. The van der Waals surface area contributed by atoms with Crippen molar-refractivity contribution in [1.82, 2.24) is 0 Å². The third-order valence-corrected chi connectivity index (χ3v) is 1.83. The molecule has 0 radical (unpaired) electrons. The predicted octanol–water partition coefficient (Wildman–Crippen LogP) is -1.09. The van der Waals surface area contributed by atoms with Crippen molar-refractivity contribution in [2.75, 3.05) is 6.61 Å². The van der Waals surface area contributed by atoms with E-state index in [4.69, 9.17) is 4.74 Å². The summed E-state index contributed by atoms with van der Waals surface area (Å²) < 4.78 is 5.01. The van der Waals surface area contributed by atoms with Crippen LogP contribution in [0.1, 0.15) is 6.92 Å². The second-order valence-corrected chi connectivity index (χ2v) is 2.61. The Morgan fingerprint density at radius 2 is 2.45 bits per heavy atom. The molecule has 0 saturated heterocycles. The van der Waals surface area contributed by atoms with E-state index in [0.29, 0.717) is 17.9 Å². The number of hydrogen-bond donors (Lipinski definition) is 1. The number of ether oxygens (including phenoxy) is 1. The Kier molecular flexibility index (Phi) is 1.18. The maximum atomic E-state index is 11.3. The van der Waals surface area contributed by atoms with E-state index in [-0.39, 0.29) is 5.78 Å². The highest BCUT2D eigenvalue weighted by Gasteiger charge is 2.29. The average molecular weight is 150 g/mol. The van der Waals surface area contributed by atoms with Gasteiger partial charge in [-0.15, -0.1) is 0 Å². The molecule has 2 aliphatic rings. The summed E-state index contributed by atoms with van der Waals surface area (Å²) in [5, 5.41) is 0. The zero-order valence-electron chi connectivity index (χ0n) is 6.18. The summed E-state index contributed by atoms with van der Waals surface area (Å²) in [6.07, 6.45) is 3.34. The van der Waals surface area contributed by atoms with Crippen LogP contribution in [0.15, 0.2) is 23.6 Å². The van der Waals surface area contributed by atoms with E-state index in [1.54, 1.807) is 6.92 Å². The van der Waals surface area contributed by atoms with Gasteiger partial charge < -0.3 is 4.74 Å². The van der Waals surface area contributed by atoms with Gasteiger partial charge in [-0.3, -0.25) is 4.79 Å². The van der Waals surface area contributed by atoms with Crippen LogP contribution in [0.4, 0.5) is 0 Å². The molecule has 0 fully saturated rings. The van der Waals surface area contributed by atoms with E-state index in [1.807, 2.05) is 6.20 Å². The molecule has 2 rings (SSSR count). The van der Waals surface area contributed by atoms with Crippen molar-refractivity contribution in [3.8, 4) is 0 Å². The van der Waals surface area contributed by atoms with Crippen molar-refractivity contribution in [1.29, 1.82) is 0 Å². The van der Waals surface area contributed by atoms with E-state index >= 15 is 0 Å². The van der Waals surface area contributed by atoms with Crippen LogP contribution in [-0.4, -0.2) is 18.1 Å². The Morgan fingerprint density at radius 1 is 1.64 bits per heavy atom. The molecule has 0 aromatic rings. The monoisotopic (exact) mass is 150 g/mol. The molecule has 0 aromatic carbocycles. The van der Waals surface area contributed by atoms with E-state index in [2.05, 4.69) is 4.99 Å². The molecule has 3 heteroatoms. The molecule has 0 atom stereocenters. The largest absolute Gasteiger partial charge is 0.495 e. The molecule has 0 unspecified atom stereocenters. The highest BCUT2D eigenvalue weighted by Crippen LogP contribution is 2.18. The van der Waals surface area contributed by atoms with Crippen LogP contribution in [0.2, 0.25) is 0 Å². The molecule has 2 heterocycles. The number of fused-ring (bicyclic) bond motifs is 1. The quantitative estimate of drug-likeness (QED) is 0.476. The van der Waals surface area contributed by atoms with Crippen molar-refractivity contribution in [3.05, 3.63) is 23.6 Å². The summed E-state index contributed by atoms with van der Waals surface area (Å²) in [7, 11) is 0. The fraction of sp³-hybridized carbons (Fsp3) is 0.250. The molecule has 11 heavy (non-hydrogen) atoms. The minimum atomic E-state index is 0.0417. The van der Waals surface area contributed by atoms with Gasteiger partial charge in [-0.1, -0.05) is 0 Å². The van der Waals surface area contributed by atoms with Crippen LogP contribution in [0.5, 0.6) is 0 Å². The summed E-state index contributed by atoms with van der Waals surface area (Å²) in [6, 6.07) is 0. The van der Waals surface area contributed by atoms with E-state index < -0.39 is 0 Å². The zero-order chi connectivity index (χ0) is 7.84. The molecule has 56 valence electrons. The van der Waals surface area contributed by atoms with E-state index in [9.17, 15) is 4.79 Å². The minimum absolute atomic E-state index is 0.0417. The van der Waals surface area contributed by atoms with Gasteiger partial charge in [0, 0.05) is 6.92 Å². The van der Waals surface area contributed by atoms with E-state index in [0.717, 1.165) is 5.57 Å². The Labute approximate surface area is 64.1 Å². The van der Waals surface area contributed by atoms with Crippen LogP contribution >= 0.6 is 0 Å². The molecular formula is C8H8NO2+. The molecule has 0 bridgehead atoms. The highest BCUT2D eigenvalue weighted by atomic mass is 16.5. The normalized spacial score (nSPS) is 21.5. The fourth-order valence-electron chi connectivity index (χ4n) is 1.15. The maximum absolute atomic E-state index is 11.3. The van der Waals surface area contributed by atoms with Gasteiger partial charge in [0.05, 0.1) is 17.4 Å². The van der Waals surface area contributed by atoms with Crippen LogP contribution < -0.4 is 4.99 Å². The van der Waals surface area contributed by atoms with Gasteiger partial charge in [0.1, 0.15) is 6.61 Å². The number of carbonyl (C=O) groups is 1. The van der Waals surface area contributed by atoms with E-state index in [1.165, 1.54) is 6.26 Å². The predicted molar refractivity (Wildman–Crippen MR) is 38.8 cm³/mol. The number of rotatable bonds is 0. The lowest BCUT2D eigenvalue weighted by Crippen LogP contribution is -2.69. The first-order valence-corrected chi connectivity index (χ1v) is 3.45. The summed E-state index contributed by atoms with van der Waals surface area (Å²) in [4.78, 5) is 14.2. The van der Waals surface area contributed by atoms with Gasteiger partial charge >= 0.3 is 0 Å². The van der Waals surface area contributed by atoms with Gasteiger partial charge in [-0.2, -0.15) is 0 Å². The Hall–Kier alpha value is -1.38. The van der Waals surface area contributed by atoms with Crippen molar-refractivity contribution < 1.29 is 14.5 Å². The van der Waals surface area contributed by atoms with Crippen molar-refractivity contribution in [2.45, 2.75) is 6.92 Å². The molecule has 0 aliphatic carbocycles. The SMILES string of the molecule is CC1=[NH+]C=C2COC=C2C1=O. The van der Waals surface area contributed by atoms with Crippen LogP contribution in [0.3, 0.4) is 0 Å². The van der Waals surface area contributed by atoms with Gasteiger partial charge in [-0.05, 0) is 0 Å². The van der Waals surface area contributed by atoms with Crippen molar-refractivity contribution in [3.63, 3.8) is 0 Å². The molecule has 3 nitrogen and oxygen atoms in total. The van der Waals surface area contributed by atoms with Crippen LogP contribution in [0, 0.1) is 0 Å². The van der Waals surface area contributed by atoms with Gasteiger partial charge in [0.2, 0.25) is 5.71 Å². The number of Topliss-reactive ketones (excluding diaryl/α,β-unsaturated/α-hetero) is 1. The number of hydrogen-bond acceptors (Lipinski definition) is 2. The summed E-state index contributed by atoms with van der Waals surface area (Å²) in [5.41, 5.74) is 2.30. The topological polar surface area (TPSA) is 40.3 Å². The maximum Gasteiger partial charge on any atom is 0.255 e. The Morgan fingerprint density at radius 3 is 3.27 bits per heavy atom. The summed E-state index contributed by atoms with van der Waals surface area (Å²) in [5.74, 6) is 0.0417. The van der Waals surface area contributed by atoms with Gasteiger partial charge in [0.15, 0.2) is 6.20 Å².